The van der Waals surface area contributed by atoms with E-state index in [0.717, 1.165) is 25.5 Å². The second-order valence-corrected chi connectivity index (χ2v) is 2.92. The molecule has 3 heteroatoms. The molecule has 1 heterocycles. The first kappa shape index (κ1) is 8.68. The molecule has 0 aromatic rings. The van der Waals surface area contributed by atoms with Crippen molar-refractivity contribution in [2.24, 2.45) is 0 Å². The van der Waals surface area contributed by atoms with Gasteiger partial charge in [-0.1, -0.05) is 0 Å². The number of carbonyl (C=O) groups is 1. The summed E-state index contributed by atoms with van der Waals surface area (Å²) < 4.78 is 10.3. The first-order valence-corrected chi connectivity index (χ1v) is 3.92. The summed E-state index contributed by atoms with van der Waals surface area (Å²) in [5.41, 5.74) is -0.632. The number of hydrogen-bond donors (Lipinski definition) is 0. The van der Waals surface area contributed by atoms with Crippen LogP contribution in [0.15, 0.2) is 0 Å². The van der Waals surface area contributed by atoms with Gasteiger partial charge in [0, 0.05) is 13.7 Å². The van der Waals surface area contributed by atoms with E-state index >= 15 is 0 Å². The van der Waals surface area contributed by atoms with Gasteiger partial charge in [-0.05, 0) is 19.3 Å². The second kappa shape index (κ2) is 3.83. The largest absolute Gasteiger partial charge is 0.381 e. The maximum atomic E-state index is 10.7. The van der Waals surface area contributed by atoms with Crippen molar-refractivity contribution in [3.63, 3.8) is 0 Å². The third-order valence-corrected chi connectivity index (χ3v) is 1.99. The summed E-state index contributed by atoms with van der Waals surface area (Å²) in [5.74, 6) is 0. The second-order valence-electron chi connectivity index (χ2n) is 2.92. The summed E-state index contributed by atoms with van der Waals surface area (Å²) >= 11 is 0. The molecular weight excluding hydrogens is 144 g/mol. The Morgan fingerprint density at radius 3 is 2.91 bits per heavy atom. The van der Waals surface area contributed by atoms with Gasteiger partial charge in [0.25, 0.3) is 0 Å². The minimum Gasteiger partial charge on any atom is -0.381 e. The van der Waals surface area contributed by atoms with Crippen molar-refractivity contribution in [2.75, 3.05) is 20.3 Å². The fourth-order valence-corrected chi connectivity index (χ4v) is 1.36. The van der Waals surface area contributed by atoms with E-state index in [1.165, 1.54) is 0 Å². The first-order valence-electron chi connectivity index (χ1n) is 3.92. The molecule has 0 bridgehead atoms. The molecular formula is C8H14O3. The topological polar surface area (TPSA) is 35.5 Å². The molecule has 0 aromatic heterocycles. The van der Waals surface area contributed by atoms with Gasteiger partial charge in [0.05, 0.1) is 6.61 Å². The molecule has 0 aromatic carbocycles. The average Bonchev–Trinajstić information content (AvgIpc) is 2.07. The lowest BCUT2D eigenvalue weighted by Crippen LogP contribution is -2.42. The van der Waals surface area contributed by atoms with E-state index in [0.29, 0.717) is 13.2 Å². The lowest BCUT2D eigenvalue weighted by atomic mass is 9.96. The monoisotopic (exact) mass is 158 g/mol. The highest BCUT2D eigenvalue weighted by atomic mass is 16.5. The van der Waals surface area contributed by atoms with Gasteiger partial charge in [-0.2, -0.15) is 0 Å². The van der Waals surface area contributed by atoms with Crippen LogP contribution < -0.4 is 0 Å². The van der Waals surface area contributed by atoms with Crippen LogP contribution in [0.4, 0.5) is 0 Å². The number of methoxy groups -OCH3 is 1. The van der Waals surface area contributed by atoms with E-state index in [-0.39, 0.29) is 0 Å². The van der Waals surface area contributed by atoms with Crippen LogP contribution in [-0.4, -0.2) is 32.2 Å². The molecule has 0 aliphatic carbocycles. The molecule has 1 unspecified atom stereocenters. The predicted octanol–water partition coefficient (Wildman–Crippen LogP) is 0.771. The van der Waals surface area contributed by atoms with E-state index in [2.05, 4.69) is 0 Å². The number of carbonyl (C=O) groups excluding carboxylic acids is 1. The number of hydrogen-bond acceptors (Lipinski definition) is 3. The Balaban J connectivity index is 2.49. The molecule has 1 atom stereocenters. The van der Waals surface area contributed by atoms with Crippen LogP contribution in [0.5, 0.6) is 0 Å². The lowest BCUT2D eigenvalue weighted by Gasteiger charge is -2.31. The molecule has 0 amide bonds. The van der Waals surface area contributed by atoms with Gasteiger partial charge in [0.15, 0.2) is 6.29 Å². The maximum Gasteiger partial charge on any atom is 0.154 e. The van der Waals surface area contributed by atoms with Crippen LogP contribution in [0, 0.1) is 0 Å². The molecule has 0 saturated carbocycles. The zero-order valence-electron chi connectivity index (χ0n) is 6.84. The SMILES string of the molecule is COCC1(C=O)CCCCO1. The van der Waals surface area contributed by atoms with Gasteiger partial charge < -0.3 is 14.3 Å². The minimum atomic E-state index is -0.632. The van der Waals surface area contributed by atoms with E-state index in [1.807, 2.05) is 0 Å². The highest BCUT2D eigenvalue weighted by Gasteiger charge is 2.32. The molecule has 3 nitrogen and oxygen atoms in total. The zero-order chi connectivity index (χ0) is 8.16. The number of ether oxygens (including phenoxy) is 2. The Hall–Kier alpha value is -0.410. The quantitative estimate of drug-likeness (QED) is 0.569. The van der Waals surface area contributed by atoms with Gasteiger partial charge in [-0.15, -0.1) is 0 Å². The number of rotatable bonds is 3. The molecule has 0 N–H and O–H groups in total. The molecule has 1 aliphatic rings. The highest BCUT2D eigenvalue weighted by molar-refractivity contribution is 5.62. The minimum absolute atomic E-state index is 0.385. The van der Waals surface area contributed by atoms with Crippen LogP contribution in [0.25, 0.3) is 0 Å². The summed E-state index contributed by atoms with van der Waals surface area (Å²) in [4.78, 5) is 10.7. The molecule has 1 saturated heterocycles. The average molecular weight is 158 g/mol. The van der Waals surface area contributed by atoms with E-state index in [1.54, 1.807) is 7.11 Å². The van der Waals surface area contributed by atoms with Crippen molar-refractivity contribution >= 4 is 6.29 Å². The van der Waals surface area contributed by atoms with Crippen LogP contribution in [0.1, 0.15) is 19.3 Å². The normalized spacial score (nSPS) is 31.7. The van der Waals surface area contributed by atoms with Crippen molar-refractivity contribution in [1.29, 1.82) is 0 Å². The Kier molecular flexibility index (Phi) is 3.02. The molecule has 1 rings (SSSR count). The van der Waals surface area contributed by atoms with Crippen molar-refractivity contribution < 1.29 is 14.3 Å². The lowest BCUT2D eigenvalue weighted by molar-refractivity contribution is -0.147. The predicted molar refractivity (Wildman–Crippen MR) is 40.5 cm³/mol. The molecule has 0 radical (unpaired) electrons. The molecule has 64 valence electrons. The first-order chi connectivity index (χ1) is 5.33. The molecule has 0 spiro atoms. The van der Waals surface area contributed by atoms with Gasteiger partial charge in [0.2, 0.25) is 0 Å². The van der Waals surface area contributed by atoms with Crippen molar-refractivity contribution in [3.05, 3.63) is 0 Å². The van der Waals surface area contributed by atoms with Gasteiger partial charge in [0.1, 0.15) is 5.60 Å². The smallest absolute Gasteiger partial charge is 0.154 e. The van der Waals surface area contributed by atoms with Crippen LogP contribution in [-0.2, 0) is 14.3 Å². The summed E-state index contributed by atoms with van der Waals surface area (Å²) in [6.45, 7) is 1.07. The Bertz CT molecular complexity index is 122. The highest BCUT2D eigenvalue weighted by Crippen LogP contribution is 2.22. The van der Waals surface area contributed by atoms with Crippen molar-refractivity contribution in [3.8, 4) is 0 Å². The molecule has 11 heavy (non-hydrogen) atoms. The summed E-state index contributed by atoms with van der Waals surface area (Å²) in [7, 11) is 1.59. The Morgan fingerprint density at radius 1 is 1.64 bits per heavy atom. The van der Waals surface area contributed by atoms with E-state index in [4.69, 9.17) is 9.47 Å². The molecule has 1 aliphatic heterocycles. The third-order valence-electron chi connectivity index (χ3n) is 1.99. The van der Waals surface area contributed by atoms with Crippen molar-refractivity contribution in [1.82, 2.24) is 0 Å². The van der Waals surface area contributed by atoms with Gasteiger partial charge >= 0.3 is 0 Å². The van der Waals surface area contributed by atoms with Gasteiger partial charge in [-0.3, -0.25) is 0 Å². The fourth-order valence-electron chi connectivity index (χ4n) is 1.36. The van der Waals surface area contributed by atoms with E-state index < -0.39 is 5.60 Å². The Morgan fingerprint density at radius 2 is 2.45 bits per heavy atom. The standard InChI is InChI=1S/C8H14O3/c1-10-7-8(6-9)4-2-3-5-11-8/h6H,2-5,7H2,1H3. The van der Waals surface area contributed by atoms with E-state index in [9.17, 15) is 4.79 Å². The maximum absolute atomic E-state index is 10.7. The van der Waals surface area contributed by atoms with Crippen LogP contribution in [0.2, 0.25) is 0 Å². The summed E-state index contributed by atoms with van der Waals surface area (Å²) in [6.07, 6.45) is 3.78. The zero-order valence-corrected chi connectivity index (χ0v) is 6.84. The number of aldehydes is 1. The van der Waals surface area contributed by atoms with Crippen LogP contribution >= 0.6 is 0 Å². The van der Waals surface area contributed by atoms with Crippen LogP contribution in [0.3, 0.4) is 0 Å². The molecule has 1 fully saturated rings. The van der Waals surface area contributed by atoms with Crippen molar-refractivity contribution in [2.45, 2.75) is 24.9 Å². The fraction of sp³-hybridized carbons (Fsp3) is 0.875. The summed E-state index contributed by atoms with van der Waals surface area (Å²) in [6, 6.07) is 0. The summed E-state index contributed by atoms with van der Waals surface area (Å²) in [5, 5.41) is 0. The van der Waals surface area contributed by atoms with Gasteiger partial charge in [-0.25, -0.2) is 0 Å². The third kappa shape index (κ3) is 2.01. The Labute approximate surface area is 66.7 Å².